The van der Waals surface area contributed by atoms with Crippen LogP contribution in [0, 0.1) is 5.92 Å². The van der Waals surface area contributed by atoms with E-state index in [4.69, 9.17) is 10.3 Å². The highest BCUT2D eigenvalue weighted by molar-refractivity contribution is 7.11. The SMILES string of the molecule is CCOC(=O)c1csc(C(=O)CCN(C)C(=O)[C@@H](N=[N+]=[N-])C(C)CC)n1. The fourth-order valence-electron chi connectivity index (χ4n) is 2.10. The second kappa shape index (κ2) is 10.5. The molecule has 1 aromatic rings. The Balaban J connectivity index is 2.67. The first-order valence-corrected chi connectivity index (χ1v) is 9.18. The predicted molar refractivity (Wildman–Crippen MR) is 97.0 cm³/mol. The standard InChI is InChI=1S/C16H23N5O4S/c1-5-10(3)13(19-20-17)15(23)21(4)8-7-12(22)14-18-11(9-26-14)16(24)25-6-2/h9-10,13H,5-8H2,1-4H3/t10?,13-/m0/s1. The van der Waals surface area contributed by atoms with Crippen molar-refractivity contribution in [3.8, 4) is 0 Å². The minimum Gasteiger partial charge on any atom is -0.461 e. The number of likely N-dealkylation sites (N-methyl/N-ethyl adjacent to an activating group) is 1. The number of ketones is 1. The number of azide groups is 1. The Morgan fingerprint density at radius 1 is 1.42 bits per heavy atom. The Labute approximate surface area is 156 Å². The van der Waals surface area contributed by atoms with Crippen LogP contribution >= 0.6 is 11.3 Å². The Morgan fingerprint density at radius 2 is 2.12 bits per heavy atom. The number of nitrogens with zero attached hydrogens (tertiary/aromatic N) is 5. The van der Waals surface area contributed by atoms with Crippen molar-refractivity contribution in [1.29, 1.82) is 0 Å². The average Bonchev–Trinajstić information content (AvgIpc) is 3.13. The van der Waals surface area contributed by atoms with Gasteiger partial charge in [-0.2, -0.15) is 0 Å². The number of esters is 1. The second-order valence-corrected chi connectivity index (χ2v) is 6.58. The maximum atomic E-state index is 12.4. The van der Waals surface area contributed by atoms with Crippen LogP contribution in [0.15, 0.2) is 10.5 Å². The molecular formula is C16H23N5O4S. The summed E-state index contributed by atoms with van der Waals surface area (Å²) in [6.45, 7) is 5.83. The lowest BCUT2D eigenvalue weighted by atomic mass is 9.99. The van der Waals surface area contributed by atoms with E-state index in [1.807, 2.05) is 13.8 Å². The third-order valence-electron chi connectivity index (χ3n) is 3.89. The Hall–Kier alpha value is -2.45. The van der Waals surface area contributed by atoms with Crippen LogP contribution in [0.25, 0.3) is 10.4 Å². The highest BCUT2D eigenvalue weighted by atomic mass is 32.1. The summed E-state index contributed by atoms with van der Waals surface area (Å²) in [5, 5.41) is 5.25. The lowest BCUT2D eigenvalue weighted by molar-refractivity contribution is -0.132. The fourth-order valence-corrected chi connectivity index (χ4v) is 2.86. The van der Waals surface area contributed by atoms with E-state index in [0.29, 0.717) is 6.42 Å². The molecule has 0 saturated heterocycles. The van der Waals surface area contributed by atoms with Gasteiger partial charge in [0.15, 0.2) is 16.5 Å². The number of carbonyl (C=O) groups excluding carboxylic acids is 3. The fraction of sp³-hybridized carbons (Fsp3) is 0.625. The summed E-state index contributed by atoms with van der Waals surface area (Å²) in [5.41, 5.74) is 8.75. The van der Waals surface area contributed by atoms with Crippen LogP contribution < -0.4 is 0 Å². The molecule has 0 aliphatic heterocycles. The highest BCUT2D eigenvalue weighted by Crippen LogP contribution is 2.16. The molecule has 0 radical (unpaired) electrons. The summed E-state index contributed by atoms with van der Waals surface area (Å²) in [5.74, 6) is -1.26. The average molecular weight is 381 g/mol. The van der Waals surface area contributed by atoms with Crippen LogP contribution in [0.1, 0.15) is 53.9 Å². The van der Waals surface area contributed by atoms with Gasteiger partial charge < -0.3 is 9.64 Å². The predicted octanol–water partition coefficient (Wildman–Crippen LogP) is 3.08. The van der Waals surface area contributed by atoms with Gasteiger partial charge in [-0.15, -0.1) is 11.3 Å². The summed E-state index contributed by atoms with van der Waals surface area (Å²) >= 11 is 1.06. The normalized spacial score (nSPS) is 12.6. The van der Waals surface area contributed by atoms with E-state index in [-0.39, 0.29) is 47.9 Å². The topological polar surface area (TPSA) is 125 Å². The Kier molecular flexibility index (Phi) is 8.74. The molecule has 0 aromatic carbocycles. The van der Waals surface area contributed by atoms with Crippen molar-refractivity contribution in [2.45, 2.75) is 39.7 Å². The van der Waals surface area contributed by atoms with Crippen LogP contribution in [-0.2, 0) is 9.53 Å². The van der Waals surface area contributed by atoms with E-state index in [9.17, 15) is 14.4 Å². The molecule has 1 heterocycles. The minimum atomic E-state index is -0.791. The summed E-state index contributed by atoms with van der Waals surface area (Å²) < 4.78 is 4.83. The Morgan fingerprint density at radius 3 is 2.69 bits per heavy atom. The van der Waals surface area contributed by atoms with Crippen LogP contribution in [-0.4, -0.2) is 53.8 Å². The molecule has 10 heteroatoms. The first kappa shape index (κ1) is 21.6. The largest absolute Gasteiger partial charge is 0.461 e. The van der Waals surface area contributed by atoms with Gasteiger partial charge in [0.05, 0.1) is 6.61 Å². The van der Waals surface area contributed by atoms with Gasteiger partial charge in [-0.25, -0.2) is 9.78 Å². The third-order valence-corrected chi connectivity index (χ3v) is 4.77. The van der Waals surface area contributed by atoms with Gasteiger partial charge in [-0.1, -0.05) is 25.4 Å². The summed E-state index contributed by atoms with van der Waals surface area (Å²) in [4.78, 5) is 44.3. The number of rotatable bonds is 10. The summed E-state index contributed by atoms with van der Waals surface area (Å²) in [7, 11) is 1.56. The van der Waals surface area contributed by atoms with E-state index in [1.165, 1.54) is 10.3 Å². The first-order valence-electron chi connectivity index (χ1n) is 8.30. The van der Waals surface area contributed by atoms with Crippen LogP contribution in [0.3, 0.4) is 0 Å². The number of carbonyl (C=O) groups is 3. The molecule has 0 bridgehead atoms. The molecular weight excluding hydrogens is 358 g/mol. The van der Waals surface area contributed by atoms with E-state index < -0.39 is 12.0 Å². The highest BCUT2D eigenvalue weighted by Gasteiger charge is 2.26. The molecule has 0 saturated carbocycles. The summed E-state index contributed by atoms with van der Waals surface area (Å²) in [6.07, 6.45) is 0.749. The minimum absolute atomic E-state index is 0.0571. The van der Waals surface area contributed by atoms with Crippen molar-refractivity contribution < 1.29 is 19.1 Å². The molecule has 0 spiro atoms. The number of amides is 1. The molecule has 1 amide bonds. The van der Waals surface area contributed by atoms with Gasteiger partial charge in [-0.05, 0) is 18.4 Å². The number of hydrogen-bond donors (Lipinski definition) is 0. The van der Waals surface area contributed by atoms with Crippen LogP contribution in [0.5, 0.6) is 0 Å². The zero-order valence-electron chi connectivity index (χ0n) is 15.3. The first-order chi connectivity index (χ1) is 12.3. The van der Waals surface area contributed by atoms with Crippen molar-refractivity contribution >= 4 is 29.0 Å². The lowest BCUT2D eigenvalue weighted by Gasteiger charge is -2.24. The van der Waals surface area contributed by atoms with Gasteiger partial charge >= 0.3 is 5.97 Å². The maximum Gasteiger partial charge on any atom is 0.357 e. The molecule has 0 N–H and O–H groups in total. The number of hydrogen-bond acceptors (Lipinski definition) is 7. The number of aromatic nitrogens is 1. The molecule has 26 heavy (non-hydrogen) atoms. The number of ether oxygens (including phenoxy) is 1. The number of thiazole rings is 1. The smallest absolute Gasteiger partial charge is 0.357 e. The Bertz CT molecular complexity index is 699. The quantitative estimate of drug-likeness (QED) is 0.202. The molecule has 1 unspecified atom stereocenters. The third kappa shape index (κ3) is 5.82. The van der Waals surface area contributed by atoms with Crippen molar-refractivity contribution in [2.75, 3.05) is 20.2 Å². The molecule has 142 valence electrons. The van der Waals surface area contributed by atoms with Crippen molar-refractivity contribution in [3.63, 3.8) is 0 Å². The van der Waals surface area contributed by atoms with Crippen LogP contribution in [0.4, 0.5) is 0 Å². The lowest BCUT2D eigenvalue weighted by Crippen LogP contribution is -2.39. The van der Waals surface area contributed by atoms with Crippen molar-refractivity contribution in [2.24, 2.45) is 11.0 Å². The van der Waals surface area contributed by atoms with Gasteiger partial charge in [-0.3, -0.25) is 9.59 Å². The number of Topliss-reactive ketones (excluding diaryl/α,β-unsaturated/α-hetero) is 1. The van der Waals surface area contributed by atoms with Crippen LogP contribution in [0.2, 0.25) is 0 Å². The second-order valence-electron chi connectivity index (χ2n) is 5.73. The zero-order chi connectivity index (χ0) is 19.7. The molecule has 1 aromatic heterocycles. The molecule has 1 rings (SSSR count). The van der Waals surface area contributed by atoms with Crippen molar-refractivity contribution in [3.05, 3.63) is 26.5 Å². The molecule has 9 nitrogen and oxygen atoms in total. The van der Waals surface area contributed by atoms with E-state index in [2.05, 4.69) is 15.0 Å². The molecule has 2 atom stereocenters. The monoisotopic (exact) mass is 381 g/mol. The van der Waals surface area contributed by atoms with E-state index >= 15 is 0 Å². The molecule has 0 fully saturated rings. The van der Waals surface area contributed by atoms with Crippen molar-refractivity contribution in [1.82, 2.24) is 9.88 Å². The van der Waals surface area contributed by atoms with Gasteiger partial charge in [0.25, 0.3) is 0 Å². The van der Waals surface area contributed by atoms with Gasteiger partial charge in [0.2, 0.25) is 5.91 Å². The van der Waals surface area contributed by atoms with E-state index in [0.717, 1.165) is 11.3 Å². The maximum absolute atomic E-state index is 12.4. The van der Waals surface area contributed by atoms with Gasteiger partial charge in [0.1, 0.15) is 6.04 Å². The summed E-state index contributed by atoms with van der Waals surface area (Å²) in [6, 6.07) is -0.791. The zero-order valence-corrected chi connectivity index (χ0v) is 16.2. The van der Waals surface area contributed by atoms with Gasteiger partial charge in [0, 0.05) is 30.3 Å². The molecule has 0 aliphatic rings. The molecule has 0 aliphatic carbocycles. The van der Waals surface area contributed by atoms with E-state index in [1.54, 1.807) is 14.0 Å².